The van der Waals surface area contributed by atoms with E-state index in [1.807, 2.05) is 37.1 Å². The van der Waals surface area contributed by atoms with E-state index >= 15 is 0 Å². The van der Waals surface area contributed by atoms with Gasteiger partial charge in [-0.2, -0.15) is 0 Å². The zero-order valence-corrected chi connectivity index (χ0v) is 16.5. The van der Waals surface area contributed by atoms with Crippen molar-refractivity contribution in [2.24, 2.45) is 0 Å². The molecule has 1 atom stereocenters. The molecule has 3 rings (SSSR count). The Hall–Kier alpha value is -2.74. The normalized spacial score (nSPS) is 18.6. The Morgan fingerprint density at radius 2 is 1.96 bits per heavy atom. The lowest BCUT2D eigenvalue weighted by atomic mass is 10.00. The molecule has 2 N–H and O–H groups in total. The summed E-state index contributed by atoms with van der Waals surface area (Å²) in [6, 6.07) is 5.19. The zero-order valence-electron chi connectivity index (χ0n) is 16.5. The fourth-order valence-corrected chi connectivity index (χ4v) is 3.41. The molecule has 1 unspecified atom stereocenters. The number of nitrogens with zero attached hydrogens (tertiary/aromatic N) is 1. The first-order valence-electron chi connectivity index (χ1n) is 9.56. The molecule has 0 radical (unpaired) electrons. The molecule has 0 aromatic heterocycles. The molecule has 0 saturated heterocycles. The van der Waals surface area contributed by atoms with Crippen molar-refractivity contribution in [3.63, 3.8) is 0 Å². The highest BCUT2D eigenvalue weighted by Crippen LogP contribution is 2.31. The monoisotopic (exact) mass is 389 g/mol. The molecule has 2 aliphatic rings. The first-order valence-corrected chi connectivity index (χ1v) is 9.56. The van der Waals surface area contributed by atoms with Crippen LogP contribution in [-0.4, -0.2) is 56.4 Å². The van der Waals surface area contributed by atoms with Crippen LogP contribution in [-0.2, 0) is 16.1 Å². The van der Waals surface area contributed by atoms with Crippen molar-refractivity contribution >= 4 is 12.0 Å². The second-order valence-corrected chi connectivity index (χ2v) is 6.82. The number of esters is 1. The van der Waals surface area contributed by atoms with Crippen LogP contribution in [0.3, 0.4) is 0 Å². The maximum atomic E-state index is 12.5. The Labute approximate surface area is 164 Å². The number of ether oxygens (including phenoxy) is 3. The van der Waals surface area contributed by atoms with Gasteiger partial charge in [0.05, 0.1) is 18.2 Å². The average molecular weight is 389 g/mol. The lowest BCUT2D eigenvalue weighted by Gasteiger charge is -2.30. The van der Waals surface area contributed by atoms with Crippen molar-refractivity contribution in [1.29, 1.82) is 0 Å². The maximum absolute atomic E-state index is 12.5. The van der Waals surface area contributed by atoms with Crippen LogP contribution in [0.15, 0.2) is 29.5 Å². The third-order valence-electron chi connectivity index (χ3n) is 4.63. The number of carbonyl (C=O) groups is 2. The van der Waals surface area contributed by atoms with E-state index in [-0.39, 0.29) is 18.7 Å². The third-order valence-corrected chi connectivity index (χ3v) is 4.63. The highest BCUT2D eigenvalue weighted by Gasteiger charge is 2.31. The van der Waals surface area contributed by atoms with Gasteiger partial charge >= 0.3 is 12.0 Å². The number of amides is 2. The SMILES string of the molecule is CCOC(=O)C1=C(CN(C)Cc2ccc3c(c2)OCCO3)NC(=O)NC1CC. The summed E-state index contributed by atoms with van der Waals surface area (Å²) >= 11 is 0. The summed E-state index contributed by atoms with van der Waals surface area (Å²) in [4.78, 5) is 26.5. The third kappa shape index (κ3) is 4.56. The fraction of sp³-hybridized carbons (Fsp3) is 0.500. The van der Waals surface area contributed by atoms with Gasteiger partial charge in [0.1, 0.15) is 13.2 Å². The summed E-state index contributed by atoms with van der Waals surface area (Å²) in [5, 5.41) is 5.56. The molecule has 2 heterocycles. The zero-order chi connectivity index (χ0) is 20.1. The summed E-state index contributed by atoms with van der Waals surface area (Å²) in [5.74, 6) is 1.09. The fourth-order valence-electron chi connectivity index (χ4n) is 3.41. The first kappa shape index (κ1) is 20.0. The lowest BCUT2D eigenvalue weighted by molar-refractivity contribution is -0.139. The van der Waals surface area contributed by atoms with E-state index in [2.05, 4.69) is 10.6 Å². The van der Waals surface area contributed by atoms with E-state index in [4.69, 9.17) is 14.2 Å². The van der Waals surface area contributed by atoms with E-state index in [1.165, 1.54) is 0 Å². The van der Waals surface area contributed by atoms with E-state index < -0.39 is 5.97 Å². The largest absolute Gasteiger partial charge is 0.486 e. The maximum Gasteiger partial charge on any atom is 0.337 e. The van der Waals surface area contributed by atoms with Gasteiger partial charge in [0, 0.05) is 18.8 Å². The van der Waals surface area contributed by atoms with Gasteiger partial charge in [-0.15, -0.1) is 0 Å². The van der Waals surface area contributed by atoms with Crippen molar-refractivity contribution in [3.8, 4) is 11.5 Å². The Kier molecular flexibility index (Phi) is 6.41. The molecule has 2 aliphatic heterocycles. The average Bonchev–Trinajstić information content (AvgIpc) is 2.67. The molecule has 0 fully saturated rings. The number of rotatable bonds is 7. The highest BCUT2D eigenvalue weighted by molar-refractivity contribution is 5.94. The summed E-state index contributed by atoms with van der Waals surface area (Å²) in [6.07, 6.45) is 0.608. The Morgan fingerprint density at radius 3 is 2.68 bits per heavy atom. The minimum absolute atomic E-state index is 0.285. The van der Waals surface area contributed by atoms with Gasteiger partial charge in [0.25, 0.3) is 0 Å². The summed E-state index contributed by atoms with van der Waals surface area (Å²) in [5.41, 5.74) is 2.12. The van der Waals surface area contributed by atoms with Gasteiger partial charge < -0.3 is 24.8 Å². The van der Waals surface area contributed by atoms with Crippen molar-refractivity contribution < 1.29 is 23.8 Å². The molecule has 0 bridgehead atoms. The van der Waals surface area contributed by atoms with Crippen molar-refractivity contribution in [2.75, 3.05) is 33.4 Å². The van der Waals surface area contributed by atoms with E-state index in [9.17, 15) is 9.59 Å². The van der Waals surface area contributed by atoms with Gasteiger partial charge in [-0.1, -0.05) is 13.0 Å². The predicted octanol–water partition coefficient (Wildman–Crippen LogP) is 1.80. The summed E-state index contributed by atoms with van der Waals surface area (Å²) in [7, 11) is 1.93. The number of hydrogen-bond donors (Lipinski definition) is 2. The minimum atomic E-state index is -0.399. The Bertz CT molecular complexity index is 777. The molecule has 2 amide bonds. The summed E-state index contributed by atoms with van der Waals surface area (Å²) < 4.78 is 16.4. The Morgan fingerprint density at radius 1 is 1.21 bits per heavy atom. The van der Waals surface area contributed by atoms with Crippen molar-refractivity contribution in [2.45, 2.75) is 32.9 Å². The lowest BCUT2D eigenvalue weighted by Crippen LogP contribution is -2.51. The van der Waals surface area contributed by atoms with E-state index in [0.29, 0.717) is 44.0 Å². The van der Waals surface area contributed by atoms with Gasteiger partial charge in [0.2, 0.25) is 0 Å². The summed E-state index contributed by atoms with van der Waals surface area (Å²) in [6.45, 7) is 6.10. The van der Waals surface area contributed by atoms with Crippen LogP contribution in [0.2, 0.25) is 0 Å². The molecule has 8 nitrogen and oxygen atoms in total. The number of carbonyl (C=O) groups excluding carboxylic acids is 2. The minimum Gasteiger partial charge on any atom is -0.486 e. The van der Waals surface area contributed by atoms with Gasteiger partial charge in [-0.05, 0) is 38.1 Å². The smallest absolute Gasteiger partial charge is 0.337 e. The van der Waals surface area contributed by atoms with Crippen LogP contribution >= 0.6 is 0 Å². The van der Waals surface area contributed by atoms with Gasteiger partial charge in [0.15, 0.2) is 11.5 Å². The van der Waals surface area contributed by atoms with E-state index in [1.54, 1.807) is 6.92 Å². The van der Waals surface area contributed by atoms with Crippen LogP contribution in [0.4, 0.5) is 4.79 Å². The molecular weight excluding hydrogens is 362 g/mol. The quantitative estimate of drug-likeness (QED) is 0.692. The molecule has 152 valence electrons. The van der Waals surface area contributed by atoms with Crippen LogP contribution in [0, 0.1) is 0 Å². The second kappa shape index (κ2) is 8.97. The van der Waals surface area contributed by atoms with E-state index in [0.717, 1.165) is 17.1 Å². The molecule has 8 heteroatoms. The van der Waals surface area contributed by atoms with Crippen molar-refractivity contribution in [1.82, 2.24) is 15.5 Å². The predicted molar refractivity (Wildman–Crippen MR) is 103 cm³/mol. The van der Waals surface area contributed by atoms with Crippen LogP contribution in [0.5, 0.6) is 11.5 Å². The van der Waals surface area contributed by atoms with Crippen LogP contribution < -0.4 is 20.1 Å². The second-order valence-electron chi connectivity index (χ2n) is 6.82. The molecular formula is C20H27N3O5. The van der Waals surface area contributed by atoms with Gasteiger partial charge in [-0.3, -0.25) is 4.90 Å². The number of urea groups is 1. The standard InChI is InChI=1S/C20H27N3O5/c1-4-14-18(19(24)26-5-2)15(22-20(25)21-14)12-23(3)11-13-6-7-16-17(10-13)28-9-8-27-16/h6-7,10,14H,4-5,8-9,11-12H2,1-3H3,(H2,21,22,25). The Balaban J connectivity index is 1.76. The molecule has 1 aromatic carbocycles. The number of fused-ring (bicyclic) bond motifs is 1. The molecule has 0 spiro atoms. The molecule has 0 aliphatic carbocycles. The van der Waals surface area contributed by atoms with Crippen LogP contribution in [0.25, 0.3) is 0 Å². The first-order chi connectivity index (χ1) is 13.5. The van der Waals surface area contributed by atoms with Crippen molar-refractivity contribution in [3.05, 3.63) is 35.0 Å². The van der Waals surface area contributed by atoms with Gasteiger partial charge in [-0.25, -0.2) is 9.59 Å². The topological polar surface area (TPSA) is 89.1 Å². The number of benzene rings is 1. The molecule has 0 saturated carbocycles. The molecule has 1 aromatic rings. The number of nitrogens with one attached hydrogen (secondary N) is 2. The highest BCUT2D eigenvalue weighted by atomic mass is 16.6. The number of hydrogen-bond acceptors (Lipinski definition) is 6. The molecule has 28 heavy (non-hydrogen) atoms. The van der Waals surface area contributed by atoms with Crippen LogP contribution in [0.1, 0.15) is 25.8 Å². The number of likely N-dealkylation sites (N-methyl/N-ethyl adjacent to an activating group) is 1.